The summed E-state index contributed by atoms with van der Waals surface area (Å²) >= 11 is 0. The summed E-state index contributed by atoms with van der Waals surface area (Å²) in [5.41, 5.74) is 3.65. The Hall–Kier alpha value is -2.16. The lowest BCUT2D eigenvalue weighted by Crippen LogP contribution is -2.02. The smallest absolute Gasteiger partial charge is 0.145 e. The van der Waals surface area contributed by atoms with Gasteiger partial charge in [-0.2, -0.15) is 0 Å². The van der Waals surface area contributed by atoms with Crippen LogP contribution in [0.3, 0.4) is 0 Å². The number of aliphatic imine (C=N–C) groups is 1. The van der Waals surface area contributed by atoms with Crippen molar-refractivity contribution in [3.05, 3.63) is 58.9 Å². The standard InChI is InChI=1S/C16H20N2O/c1-13-5-7-15(8-6-13)10-17-16(11-18(3)4)9-14(2)12-19/h5-12H,1-4H3/b14-9-,16-11+,17-10?. The molecule has 100 valence electrons. The molecule has 19 heavy (non-hydrogen) atoms. The van der Waals surface area contributed by atoms with Crippen molar-refractivity contribution in [2.24, 2.45) is 4.99 Å². The number of allylic oxidation sites excluding steroid dienone is 2. The van der Waals surface area contributed by atoms with E-state index in [2.05, 4.69) is 11.9 Å². The molecule has 0 fully saturated rings. The summed E-state index contributed by atoms with van der Waals surface area (Å²) in [6.45, 7) is 3.81. The zero-order chi connectivity index (χ0) is 14.3. The van der Waals surface area contributed by atoms with E-state index in [1.54, 1.807) is 19.2 Å². The molecule has 1 aromatic carbocycles. The van der Waals surface area contributed by atoms with Crippen LogP contribution in [0.2, 0.25) is 0 Å². The Morgan fingerprint density at radius 3 is 2.37 bits per heavy atom. The number of nitrogens with zero attached hydrogens (tertiary/aromatic N) is 2. The van der Waals surface area contributed by atoms with Crippen molar-refractivity contribution in [3.8, 4) is 0 Å². The Morgan fingerprint density at radius 2 is 1.84 bits per heavy atom. The molecule has 0 amide bonds. The Balaban J connectivity index is 2.95. The average Bonchev–Trinajstić information content (AvgIpc) is 2.37. The summed E-state index contributed by atoms with van der Waals surface area (Å²) in [6, 6.07) is 8.12. The van der Waals surface area contributed by atoms with Gasteiger partial charge in [0, 0.05) is 26.5 Å². The first-order chi connectivity index (χ1) is 9.01. The van der Waals surface area contributed by atoms with Crippen LogP contribution >= 0.6 is 0 Å². The summed E-state index contributed by atoms with van der Waals surface area (Å²) in [5.74, 6) is 0. The van der Waals surface area contributed by atoms with Crippen LogP contribution in [0.25, 0.3) is 0 Å². The maximum Gasteiger partial charge on any atom is 0.145 e. The van der Waals surface area contributed by atoms with E-state index in [9.17, 15) is 4.79 Å². The molecule has 0 bridgehead atoms. The van der Waals surface area contributed by atoms with E-state index < -0.39 is 0 Å². The van der Waals surface area contributed by atoms with Crippen molar-refractivity contribution in [1.29, 1.82) is 0 Å². The molecule has 0 radical (unpaired) electrons. The largest absolute Gasteiger partial charge is 0.382 e. The summed E-state index contributed by atoms with van der Waals surface area (Å²) in [5, 5.41) is 0. The van der Waals surface area contributed by atoms with E-state index >= 15 is 0 Å². The first kappa shape index (κ1) is 14.9. The molecule has 3 heteroatoms. The molecule has 0 aliphatic carbocycles. The normalized spacial score (nSPS) is 12.8. The molecule has 0 spiro atoms. The van der Waals surface area contributed by atoms with Gasteiger partial charge < -0.3 is 4.90 Å². The molecule has 0 saturated heterocycles. The molecule has 1 aromatic rings. The molecule has 0 N–H and O–H groups in total. The fourth-order valence-electron chi connectivity index (χ4n) is 1.44. The fourth-order valence-corrected chi connectivity index (χ4v) is 1.44. The average molecular weight is 256 g/mol. The molecule has 3 nitrogen and oxygen atoms in total. The van der Waals surface area contributed by atoms with Gasteiger partial charge in [-0.1, -0.05) is 29.8 Å². The highest BCUT2D eigenvalue weighted by Crippen LogP contribution is 2.06. The summed E-state index contributed by atoms with van der Waals surface area (Å²) in [7, 11) is 3.84. The number of hydrogen-bond acceptors (Lipinski definition) is 3. The minimum Gasteiger partial charge on any atom is -0.382 e. The predicted octanol–water partition coefficient (Wildman–Crippen LogP) is 2.96. The number of benzene rings is 1. The number of carbonyl (C=O) groups excluding carboxylic acids is 1. The van der Waals surface area contributed by atoms with Gasteiger partial charge in [0.15, 0.2) is 0 Å². The summed E-state index contributed by atoms with van der Waals surface area (Å²) < 4.78 is 0. The van der Waals surface area contributed by atoms with Crippen molar-refractivity contribution in [2.45, 2.75) is 13.8 Å². The van der Waals surface area contributed by atoms with E-state index in [1.165, 1.54) is 5.56 Å². The Morgan fingerprint density at radius 1 is 1.21 bits per heavy atom. The molecule has 0 aromatic heterocycles. The second kappa shape index (κ2) is 7.31. The highest BCUT2D eigenvalue weighted by Gasteiger charge is 1.94. The van der Waals surface area contributed by atoms with Gasteiger partial charge in [-0.15, -0.1) is 0 Å². The van der Waals surface area contributed by atoms with Crippen molar-refractivity contribution < 1.29 is 4.79 Å². The molecule has 0 atom stereocenters. The molecule has 0 heterocycles. The number of aldehydes is 1. The molecular formula is C16H20N2O. The van der Waals surface area contributed by atoms with Gasteiger partial charge >= 0.3 is 0 Å². The van der Waals surface area contributed by atoms with Crippen molar-refractivity contribution >= 4 is 12.5 Å². The van der Waals surface area contributed by atoms with Crippen LogP contribution in [-0.4, -0.2) is 31.5 Å². The maximum absolute atomic E-state index is 10.7. The first-order valence-corrected chi connectivity index (χ1v) is 6.13. The molecule has 0 unspecified atom stereocenters. The van der Waals surface area contributed by atoms with Gasteiger partial charge in [0.05, 0.1) is 5.70 Å². The van der Waals surface area contributed by atoms with Crippen LogP contribution < -0.4 is 0 Å². The van der Waals surface area contributed by atoms with Crippen molar-refractivity contribution in [3.63, 3.8) is 0 Å². The van der Waals surface area contributed by atoms with E-state index in [1.807, 2.05) is 49.5 Å². The Bertz CT molecular complexity index is 508. The lowest BCUT2D eigenvalue weighted by Gasteiger charge is -2.05. The third-order valence-electron chi connectivity index (χ3n) is 2.39. The van der Waals surface area contributed by atoms with Crippen LogP contribution in [0.15, 0.2) is 52.8 Å². The van der Waals surface area contributed by atoms with E-state index in [4.69, 9.17) is 0 Å². The number of carbonyl (C=O) groups is 1. The second-order valence-corrected chi connectivity index (χ2v) is 4.69. The zero-order valence-corrected chi connectivity index (χ0v) is 11.9. The van der Waals surface area contributed by atoms with E-state index in [0.29, 0.717) is 5.57 Å². The molecular weight excluding hydrogens is 236 g/mol. The number of aryl methyl sites for hydroxylation is 1. The lowest BCUT2D eigenvalue weighted by atomic mass is 10.2. The zero-order valence-electron chi connectivity index (χ0n) is 11.9. The number of hydrogen-bond donors (Lipinski definition) is 0. The van der Waals surface area contributed by atoms with E-state index in [-0.39, 0.29) is 0 Å². The summed E-state index contributed by atoms with van der Waals surface area (Å²) in [4.78, 5) is 17.0. The molecule has 0 aliphatic heterocycles. The van der Waals surface area contributed by atoms with Crippen LogP contribution in [0.4, 0.5) is 0 Å². The second-order valence-electron chi connectivity index (χ2n) is 4.69. The highest BCUT2D eigenvalue weighted by molar-refractivity contribution is 5.81. The van der Waals surface area contributed by atoms with Gasteiger partial charge in [0.1, 0.15) is 6.29 Å². The fraction of sp³-hybridized carbons (Fsp3) is 0.250. The Labute approximate surface area is 115 Å². The van der Waals surface area contributed by atoms with Gasteiger partial charge in [-0.25, -0.2) is 0 Å². The van der Waals surface area contributed by atoms with Crippen LogP contribution in [0.5, 0.6) is 0 Å². The summed E-state index contributed by atoms with van der Waals surface area (Å²) in [6.07, 6.45) is 6.25. The third kappa shape index (κ3) is 5.82. The lowest BCUT2D eigenvalue weighted by molar-refractivity contribution is -0.104. The van der Waals surface area contributed by atoms with Crippen LogP contribution in [0.1, 0.15) is 18.1 Å². The van der Waals surface area contributed by atoms with E-state index in [0.717, 1.165) is 17.5 Å². The first-order valence-electron chi connectivity index (χ1n) is 6.13. The highest BCUT2D eigenvalue weighted by atomic mass is 16.1. The van der Waals surface area contributed by atoms with Crippen molar-refractivity contribution in [1.82, 2.24) is 4.90 Å². The van der Waals surface area contributed by atoms with Gasteiger partial charge in [0.25, 0.3) is 0 Å². The quantitative estimate of drug-likeness (QED) is 0.351. The maximum atomic E-state index is 10.7. The predicted molar refractivity (Wildman–Crippen MR) is 80.4 cm³/mol. The minimum absolute atomic E-state index is 0.647. The van der Waals surface area contributed by atoms with Crippen LogP contribution in [-0.2, 0) is 4.79 Å². The van der Waals surface area contributed by atoms with Gasteiger partial charge in [-0.3, -0.25) is 9.79 Å². The molecule has 0 saturated carbocycles. The number of rotatable bonds is 5. The van der Waals surface area contributed by atoms with Crippen molar-refractivity contribution in [2.75, 3.05) is 14.1 Å². The third-order valence-corrected chi connectivity index (χ3v) is 2.39. The Kier molecular flexibility index (Phi) is 5.73. The van der Waals surface area contributed by atoms with Gasteiger partial charge in [0.2, 0.25) is 0 Å². The monoisotopic (exact) mass is 256 g/mol. The topological polar surface area (TPSA) is 32.7 Å². The SMILES string of the molecule is C/C(C=O)=C/C(=C\N(C)C)N=Cc1ccc(C)cc1. The van der Waals surface area contributed by atoms with Gasteiger partial charge in [-0.05, 0) is 31.1 Å². The molecule has 1 rings (SSSR count). The van der Waals surface area contributed by atoms with Crippen LogP contribution in [0, 0.1) is 6.92 Å². The minimum atomic E-state index is 0.647. The molecule has 0 aliphatic rings.